The van der Waals surface area contributed by atoms with Gasteiger partial charge in [0.15, 0.2) is 0 Å². The van der Waals surface area contributed by atoms with E-state index in [4.69, 9.17) is 14.1 Å². The monoisotopic (exact) mass is 654 g/mol. The molecular formula is C34H51BN4O8. The van der Waals surface area contributed by atoms with Gasteiger partial charge in [0.2, 0.25) is 11.8 Å². The number of alkyl carbamates (subject to hydrolysis) is 1. The summed E-state index contributed by atoms with van der Waals surface area (Å²) >= 11 is 0. The number of amides is 4. The lowest BCUT2D eigenvalue weighted by Gasteiger charge is -2.35. The third kappa shape index (κ3) is 8.59. The zero-order chi connectivity index (χ0) is 33.9. The van der Waals surface area contributed by atoms with Crippen molar-refractivity contribution in [2.75, 3.05) is 19.8 Å². The van der Waals surface area contributed by atoms with Gasteiger partial charge in [0.25, 0.3) is 0 Å². The minimum Gasteiger partial charge on any atom is -0.449 e. The second kappa shape index (κ2) is 14.4. The molecular weight excluding hydrogens is 603 g/mol. The molecule has 4 aliphatic heterocycles. The third-order valence-corrected chi connectivity index (χ3v) is 9.84. The van der Waals surface area contributed by atoms with E-state index in [1.54, 1.807) is 4.90 Å². The minimum atomic E-state index is -1.17. The number of benzene rings is 1. The molecule has 0 aliphatic carbocycles. The van der Waals surface area contributed by atoms with Gasteiger partial charge in [-0.25, -0.2) is 9.59 Å². The van der Waals surface area contributed by atoms with Gasteiger partial charge in [-0.15, -0.1) is 0 Å². The third-order valence-electron chi connectivity index (χ3n) is 9.84. The van der Waals surface area contributed by atoms with E-state index in [-0.39, 0.29) is 25.0 Å². The van der Waals surface area contributed by atoms with E-state index in [9.17, 15) is 24.2 Å². The van der Waals surface area contributed by atoms with Crippen LogP contribution in [0, 0.1) is 10.8 Å². The summed E-state index contributed by atoms with van der Waals surface area (Å²) in [6, 6.07) is 4.17. The zero-order valence-corrected chi connectivity index (χ0v) is 28.5. The fourth-order valence-electron chi connectivity index (χ4n) is 7.02. The maximum Gasteiger partial charge on any atom is 0.478 e. The van der Waals surface area contributed by atoms with Gasteiger partial charge in [0, 0.05) is 26.1 Å². The first-order chi connectivity index (χ1) is 22.2. The SMILES string of the molecule is CC1(C)CCCCc2cccc3c2CN(C3)C(=O)O[C@@H]2C[C@@H](C(=O)N[C@@H]3CCCCOB3O)N(C2)C(=O)[C@H](C(C)(C)C)NC(=O)OC1. The molecule has 3 N–H and O–H groups in total. The summed E-state index contributed by atoms with van der Waals surface area (Å²) in [4.78, 5) is 57.8. The van der Waals surface area contributed by atoms with E-state index in [1.807, 2.05) is 32.9 Å². The van der Waals surface area contributed by atoms with Gasteiger partial charge in [-0.2, -0.15) is 0 Å². The molecule has 12 nitrogen and oxygen atoms in total. The van der Waals surface area contributed by atoms with Gasteiger partial charge in [-0.05, 0) is 66.0 Å². The molecule has 0 radical (unpaired) electrons. The molecule has 2 fully saturated rings. The van der Waals surface area contributed by atoms with Crippen molar-refractivity contribution in [2.24, 2.45) is 10.8 Å². The molecule has 2 saturated heterocycles. The van der Waals surface area contributed by atoms with Crippen LogP contribution >= 0.6 is 0 Å². The first-order valence-electron chi connectivity index (χ1n) is 17.1. The summed E-state index contributed by atoms with van der Waals surface area (Å²) in [5.74, 6) is -1.59. The Balaban J connectivity index is 1.42. The fourth-order valence-corrected chi connectivity index (χ4v) is 7.02. The molecule has 4 amide bonds. The number of carbonyl (C=O) groups is 4. The maximum absolute atomic E-state index is 14.3. The number of hydrogen-bond donors (Lipinski definition) is 3. The van der Waals surface area contributed by atoms with Gasteiger partial charge < -0.3 is 34.7 Å². The highest BCUT2D eigenvalue weighted by atomic mass is 16.6. The van der Waals surface area contributed by atoms with Crippen LogP contribution in [0.25, 0.3) is 0 Å². The lowest BCUT2D eigenvalue weighted by atomic mass is 9.76. The van der Waals surface area contributed by atoms with E-state index in [0.29, 0.717) is 26.1 Å². The second-order valence-electron chi connectivity index (χ2n) is 15.4. The highest BCUT2D eigenvalue weighted by Gasteiger charge is 2.47. The highest BCUT2D eigenvalue weighted by molar-refractivity contribution is 6.45. The predicted molar refractivity (Wildman–Crippen MR) is 175 cm³/mol. The molecule has 1 aromatic rings. The van der Waals surface area contributed by atoms with Crippen LogP contribution in [0.2, 0.25) is 0 Å². The number of cyclic esters (lactones) is 1. The predicted octanol–water partition coefficient (Wildman–Crippen LogP) is 3.71. The molecule has 0 aromatic heterocycles. The van der Waals surface area contributed by atoms with E-state index in [0.717, 1.165) is 49.7 Å². The van der Waals surface area contributed by atoms with Crippen molar-refractivity contribution in [1.29, 1.82) is 0 Å². The van der Waals surface area contributed by atoms with Gasteiger partial charge >= 0.3 is 19.3 Å². The number of nitrogens with zero attached hydrogens (tertiary/aromatic N) is 2. The first kappa shape index (κ1) is 35.0. The van der Waals surface area contributed by atoms with Crippen LogP contribution in [0.1, 0.15) is 96.3 Å². The number of aryl methyl sites for hydroxylation is 1. The van der Waals surface area contributed by atoms with Crippen molar-refractivity contribution in [1.82, 2.24) is 20.4 Å². The van der Waals surface area contributed by atoms with Crippen LogP contribution in [-0.2, 0) is 43.2 Å². The van der Waals surface area contributed by atoms with Crippen molar-refractivity contribution < 1.29 is 38.3 Å². The summed E-state index contributed by atoms with van der Waals surface area (Å²) in [6.07, 6.45) is 3.83. The molecule has 0 saturated carbocycles. The first-order valence-corrected chi connectivity index (χ1v) is 17.1. The largest absolute Gasteiger partial charge is 0.478 e. The van der Waals surface area contributed by atoms with Crippen LogP contribution in [0.3, 0.4) is 0 Å². The second-order valence-corrected chi connectivity index (χ2v) is 15.4. The minimum absolute atomic E-state index is 0.0191. The standard InChI is InChI=1S/C34H51BN4O8/c1-33(2,3)28-30(41)39-19-24(17-26(39)29(40)36-27-14-7-9-16-46-35(27)44)47-32(43)38-18-23-13-10-12-22(25(23)20-38)11-6-8-15-34(4,5)21-45-31(42)37-28/h10,12-13,24,26-28,44H,6-9,11,14-21H2,1-5H3,(H,36,40)(H,37,42)/t24-,26+,27-,28-/m1/s1. The van der Waals surface area contributed by atoms with Gasteiger partial charge in [-0.1, -0.05) is 59.2 Å². The van der Waals surface area contributed by atoms with E-state index >= 15 is 0 Å². The van der Waals surface area contributed by atoms with E-state index in [1.165, 1.54) is 10.5 Å². The number of hydrogen-bond acceptors (Lipinski definition) is 8. The number of rotatable bonds is 2. The number of nitrogens with one attached hydrogen (secondary N) is 2. The molecule has 4 aliphatic rings. The smallest absolute Gasteiger partial charge is 0.449 e. The molecule has 47 heavy (non-hydrogen) atoms. The Hall–Kier alpha value is -3.32. The summed E-state index contributed by atoms with van der Waals surface area (Å²) in [7, 11) is -1.17. The Kier molecular flexibility index (Phi) is 10.7. The van der Waals surface area contributed by atoms with Crippen molar-refractivity contribution >= 4 is 31.1 Å². The lowest BCUT2D eigenvalue weighted by Crippen LogP contribution is -2.59. The Morgan fingerprint density at radius 3 is 2.62 bits per heavy atom. The van der Waals surface area contributed by atoms with Crippen LogP contribution < -0.4 is 10.6 Å². The van der Waals surface area contributed by atoms with Crippen molar-refractivity contribution in [2.45, 2.75) is 123 Å². The molecule has 5 rings (SSSR count). The summed E-state index contributed by atoms with van der Waals surface area (Å²) in [5, 5.41) is 16.2. The lowest BCUT2D eigenvalue weighted by molar-refractivity contribution is -0.142. The molecule has 1 aromatic carbocycles. The van der Waals surface area contributed by atoms with Crippen molar-refractivity contribution in [3.8, 4) is 0 Å². The normalized spacial score (nSPS) is 27.8. The Morgan fingerprint density at radius 1 is 1.09 bits per heavy atom. The average molecular weight is 655 g/mol. The van der Waals surface area contributed by atoms with E-state index in [2.05, 4.69) is 30.5 Å². The van der Waals surface area contributed by atoms with E-state index < -0.39 is 60.7 Å². The Morgan fingerprint density at radius 2 is 1.85 bits per heavy atom. The Bertz CT molecular complexity index is 1330. The van der Waals surface area contributed by atoms with Gasteiger partial charge in [0.05, 0.1) is 19.1 Å². The average Bonchev–Trinajstić information content (AvgIpc) is 3.58. The zero-order valence-electron chi connectivity index (χ0n) is 28.5. The van der Waals surface area contributed by atoms with Crippen molar-refractivity contribution in [3.63, 3.8) is 0 Å². The number of ether oxygens (including phenoxy) is 2. The topological polar surface area (TPSA) is 147 Å². The van der Waals surface area contributed by atoms with Crippen LogP contribution in [-0.4, -0.2) is 89.8 Å². The Labute approximate surface area is 278 Å². The summed E-state index contributed by atoms with van der Waals surface area (Å²) in [6.45, 7) is 11.1. The van der Waals surface area contributed by atoms with Gasteiger partial charge in [-0.3, -0.25) is 14.5 Å². The molecule has 13 heteroatoms. The molecule has 4 bridgehead atoms. The van der Waals surface area contributed by atoms with Crippen LogP contribution in [0.5, 0.6) is 0 Å². The highest BCUT2D eigenvalue weighted by Crippen LogP contribution is 2.32. The molecule has 4 heterocycles. The maximum atomic E-state index is 14.3. The van der Waals surface area contributed by atoms with Crippen LogP contribution in [0.4, 0.5) is 9.59 Å². The summed E-state index contributed by atoms with van der Waals surface area (Å²) in [5.41, 5.74) is 2.46. The number of fused-ring (bicyclic) bond motifs is 3. The molecule has 0 unspecified atom stereocenters. The quantitative estimate of drug-likeness (QED) is 0.410. The molecule has 258 valence electrons. The molecule has 4 atom stereocenters. The molecule has 0 spiro atoms. The summed E-state index contributed by atoms with van der Waals surface area (Å²) < 4.78 is 17.1. The van der Waals surface area contributed by atoms with Crippen LogP contribution in [0.15, 0.2) is 18.2 Å². The number of carbonyl (C=O) groups excluding carboxylic acids is 4. The van der Waals surface area contributed by atoms with Crippen molar-refractivity contribution in [3.05, 3.63) is 34.9 Å². The van der Waals surface area contributed by atoms with Gasteiger partial charge in [0.1, 0.15) is 18.2 Å². The fraction of sp³-hybridized carbons (Fsp3) is 0.706.